The molecule has 0 aromatic heterocycles. The second kappa shape index (κ2) is 3.34. The maximum absolute atomic E-state index is 11.8. The SMILES string of the molecule is O=C1CC[C@H]2CC=C(c3ccccc3)[C@@H]12. The summed E-state index contributed by atoms with van der Waals surface area (Å²) in [6, 6.07) is 10.3. The van der Waals surface area contributed by atoms with Gasteiger partial charge in [0.25, 0.3) is 0 Å². The molecule has 1 nitrogen and oxygen atoms in total. The summed E-state index contributed by atoms with van der Waals surface area (Å²) in [4.78, 5) is 11.8. The van der Waals surface area contributed by atoms with E-state index < -0.39 is 0 Å². The first-order chi connectivity index (χ1) is 7.36. The fraction of sp³-hybridized carbons (Fsp3) is 0.357. The van der Waals surface area contributed by atoms with Gasteiger partial charge >= 0.3 is 0 Å². The van der Waals surface area contributed by atoms with Crippen LogP contribution >= 0.6 is 0 Å². The fourth-order valence-electron chi connectivity index (χ4n) is 2.93. The zero-order valence-electron chi connectivity index (χ0n) is 8.65. The van der Waals surface area contributed by atoms with Crippen molar-refractivity contribution in [1.82, 2.24) is 0 Å². The zero-order valence-corrected chi connectivity index (χ0v) is 8.65. The summed E-state index contributed by atoms with van der Waals surface area (Å²) in [6.07, 6.45) is 5.25. The lowest BCUT2D eigenvalue weighted by atomic mass is 9.90. The summed E-state index contributed by atoms with van der Waals surface area (Å²) >= 11 is 0. The lowest BCUT2D eigenvalue weighted by molar-refractivity contribution is -0.119. The van der Waals surface area contributed by atoms with Crippen LogP contribution in [-0.2, 0) is 4.79 Å². The Bertz CT molecular complexity index is 416. The van der Waals surface area contributed by atoms with Crippen molar-refractivity contribution in [1.29, 1.82) is 0 Å². The van der Waals surface area contributed by atoms with Gasteiger partial charge in [0.15, 0.2) is 0 Å². The highest BCUT2D eigenvalue weighted by Gasteiger charge is 2.40. The van der Waals surface area contributed by atoms with Crippen LogP contribution in [0.4, 0.5) is 0 Å². The van der Waals surface area contributed by atoms with E-state index in [0.29, 0.717) is 11.7 Å². The molecule has 1 heteroatoms. The molecule has 2 atom stereocenters. The molecule has 1 fully saturated rings. The first-order valence-electron chi connectivity index (χ1n) is 5.64. The van der Waals surface area contributed by atoms with E-state index in [1.165, 1.54) is 11.1 Å². The first kappa shape index (κ1) is 8.90. The molecule has 2 aliphatic rings. The van der Waals surface area contributed by atoms with Gasteiger partial charge in [-0.05, 0) is 29.9 Å². The van der Waals surface area contributed by atoms with Crippen LogP contribution in [0, 0.1) is 11.8 Å². The van der Waals surface area contributed by atoms with Crippen LogP contribution in [0.25, 0.3) is 5.57 Å². The van der Waals surface area contributed by atoms with Crippen LogP contribution in [0.5, 0.6) is 0 Å². The molecule has 1 saturated carbocycles. The maximum Gasteiger partial charge on any atom is 0.140 e. The molecule has 0 aliphatic heterocycles. The highest BCUT2D eigenvalue weighted by Crippen LogP contribution is 2.45. The number of Topliss-reactive ketones (excluding diaryl/α,β-unsaturated/α-hetero) is 1. The number of carbonyl (C=O) groups excluding carboxylic acids is 1. The Labute approximate surface area is 89.8 Å². The Balaban J connectivity index is 1.98. The normalized spacial score (nSPS) is 29.1. The first-order valence-corrected chi connectivity index (χ1v) is 5.64. The number of allylic oxidation sites excluding steroid dienone is 2. The molecule has 1 aromatic carbocycles. The van der Waals surface area contributed by atoms with Crippen molar-refractivity contribution in [3.63, 3.8) is 0 Å². The minimum absolute atomic E-state index is 0.215. The van der Waals surface area contributed by atoms with Crippen molar-refractivity contribution in [3.05, 3.63) is 42.0 Å². The van der Waals surface area contributed by atoms with Gasteiger partial charge in [-0.1, -0.05) is 36.4 Å². The van der Waals surface area contributed by atoms with Crippen molar-refractivity contribution in [3.8, 4) is 0 Å². The van der Waals surface area contributed by atoms with E-state index >= 15 is 0 Å². The molecule has 0 N–H and O–H groups in total. The van der Waals surface area contributed by atoms with Gasteiger partial charge in [0.1, 0.15) is 5.78 Å². The van der Waals surface area contributed by atoms with Gasteiger partial charge in [-0.25, -0.2) is 0 Å². The highest BCUT2D eigenvalue weighted by atomic mass is 16.1. The fourth-order valence-corrected chi connectivity index (χ4v) is 2.93. The van der Waals surface area contributed by atoms with Crippen LogP contribution in [0.1, 0.15) is 24.8 Å². The largest absolute Gasteiger partial charge is 0.299 e. The average Bonchev–Trinajstić information content (AvgIpc) is 2.84. The van der Waals surface area contributed by atoms with Crippen molar-refractivity contribution in [2.24, 2.45) is 11.8 Å². The Morgan fingerprint density at radius 2 is 1.93 bits per heavy atom. The second-order valence-electron chi connectivity index (χ2n) is 4.50. The van der Waals surface area contributed by atoms with Crippen molar-refractivity contribution >= 4 is 11.4 Å². The summed E-state index contributed by atoms with van der Waals surface area (Å²) < 4.78 is 0. The summed E-state index contributed by atoms with van der Waals surface area (Å²) in [5.74, 6) is 1.27. The molecule has 3 rings (SSSR count). The number of carbonyl (C=O) groups is 1. The molecular weight excluding hydrogens is 184 g/mol. The molecular formula is C14H14O. The second-order valence-corrected chi connectivity index (χ2v) is 4.50. The molecule has 0 unspecified atom stereocenters. The molecule has 0 bridgehead atoms. The van der Waals surface area contributed by atoms with Gasteiger partial charge < -0.3 is 0 Å². The summed E-state index contributed by atoms with van der Waals surface area (Å²) in [6.45, 7) is 0. The molecule has 0 saturated heterocycles. The third kappa shape index (κ3) is 1.34. The van der Waals surface area contributed by atoms with E-state index in [0.717, 1.165) is 19.3 Å². The lowest BCUT2D eigenvalue weighted by Crippen LogP contribution is -2.11. The van der Waals surface area contributed by atoms with E-state index in [4.69, 9.17) is 0 Å². The van der Waals surface area contributed by atoms with E-state index in [1.54, 1.807) is 0 Å². The summed E-state index contributed by atoms with van der Waals surface area (Å²) in [5, 5.41) is 0. The minimum atomic E-state index is 0.215. The molecule has 15 heavy (non-hydrogen) atoms. The molecule has 0 amide bonds. The number of hydrogen-bond acceptors (Lipinski definition) is 1. The third-order valence-electron chi connectivity index (χ3n) is 3.66. The standard InChI is InChI=1S/C14H14O/c15-13-9-7-11-6-8-12(14(11)13)10-4-2-1-3-5-10/h1-5,8,11,14H,6-7,9H2/t11-,14+/m1/s1. The predicted octanol–water partition coefficient (Wildman–Crippen LogP) is 3.07. The van der Waals surface area contributed by atoms with Gasteiger partial charge in [0.05, 0.1) is 0 Å². The van der Waals surface area contributed by atoms with E-state index in [-0.39, 0.29) is 5.92 Å². The third-order valence-corrected chi connectivity index (χ3v) is 3.66. The summed E-state index contributed by atoms with van der Waals surface area (Å²) in [7, 11) is 0. The van der Waals surface area contributed by atoms with Gasteiger partial charge in [-0.2, -0.15) is 0 Å². The monoisotopic (exact) mass is 198 g/mol. The van der Waals surface area contributed by atoms with Crippen LogP contribution < -0.4 is 0 Å². The zero-order chi connectivity index (χ0) is 10.3. The maximum atomic E-state index is 11.8. The average molecular weight is 198 g/mol. The molecule has 2 aliphatic carbocycles. The van der Waals surface area contributed by atoms with Gasteiger partial charge in [-0.15, -0.1) is 0 Å². The Morgan fingerprint density at radius 1 is 1.13 bits per heavy atom. The topological polar surface area (TPSA) is 17.1 Å². The number of rotatable bonds is 1. The molecule has 1 aromatic rings. The number of ketones is 1. The quantitative estimate of drug-likeness (QED) is 0.677. The van der Waals surface area contributed by atoms with Crippen molar-refractivity contribution < 1.29 is 4.79 Å². The Kier molecular flexibility index (Phi) is 1.98. The predicted molar refractivity (Wildman–Crippen MR) is 60.3 cm³/mol. The van der Waals surface area contributed by atoms with Crippen LogP contribution in [0.3, 0.4) is 0 Å². The van der Waals surface area contributed by atoms with Gasteiger partial charge in [0, 0.05) is 12.3 Å². The molecule has 0 radical (unpaired) electrons. The number of fused-ring (bicyclic) bond motifs is 1. The van der Waals surface area contributed by atoms with E-state index in [9.17, 15) is 4.79 Å². The number of hydrogen-bond donors (Lipinski definition) is 0. The molecule has 0 heterocycles. The van der Waals surface area contributed by atoms with Gasteiger partial charge in [0.2, 0.25) is 0 Å². The van der Waals surface area contributed by atoms with Gasteiger partial charge in [-0.3, -0.25) is 4.79 Å². The van der Waals surface area contributed by atoms with Crippen LogP contribution in [0.15, 0.2) is 36.4 Å². The smallest absolute Gasteiger partial charge is 0.140 e. The number of benzene rings is 1. The van der Waals surface area contributed by atoms with E-state index in [2.05, 4.69) is 18.2 Å². The highest BCUT2D eigenvalue weighted by molar-refractivity contribution is 5.96. The summed E-state index contributed by atoms with van der Waals surface area (Å²) in [5.41, 5.74) is 2.52. The van der Waals surface area contributed by atoms with Crippen molar-refractivity contribution in [2.45, 2.75) is 19.3 Å². The Morgan fingerprint density at radius 3 is 2.73 bits per heavy atom. The minimum Gasteiger partial charge on any atom is -0.299 e. The Hall–Kier alpha value is -1.37. The van der Waals surface area contributed by atoms with Crippen LogP contribution in [-0.4, -0.2) is 5.78 Å². The lowest BCUT2D eigenvalue weighted by Gasteiger charge is -2.12. The van der Waals surface area contributed by atoms with Crippen molar-refractivity contribution in [2.75, 3.05) is 0 Å². The van der Waals surface area contributed by atoms with E-state index in [1.807, 2.05) is 18.2 Å². The molecule has 76 valence electrons. The molecule has 0 spiro atoms. The van der Waals surface area contributed by atoms with Crippen LogP contribution in [0.2, 0.25) is 0 Å².